The van der Waals surface area contributed by atoms with Crippen LogP contribution in [-0.2, 0) is 5.54 Å². The maximum Gasteiger partial charge on any atom is 0.121 e. The third-order valence-corrected chi connectivity index (χ3v) is 7.12. The van der Waals surface area contributed by atoms with Gasteiger partial charge in [-0.15, -0.1) is 0 Å². The second kappa shape index (κ2) is 8.94. The first-order valence-electron chi connectivity index (χ1n) is 12.1. The molecule has 176 valence electrons. The third-order valence-electron chi connectivity index (χ3n) is 7.12. The minimum Gasteiger partial charge on any atom is -0.497 e. The van der Waals surface area contributed by atoms with Crippen LogP contribution in [0.4, 0.5) is 0 Å². The maximum atomic E-state index is 5.53. The highest BCUT2D eigenvalue weighted by atomic mass is 16.5. The molecule has 0 aliphatic heterocycles. The van der Waals surface area contributed by atoms with E-state index in [1.165, 1.54) is 27.4 Å². The van der Waals surface area contributed by atoms with Crippen LogP contribution in [0.2, 0.25) is 0 Å². The molecule has 0 aliphatic rings. The lowest BCUT2D eigenvalue weighted by molar-refractivity contribution is 0.413. The van der Waals surface area contributed by atoms with Crippen LogP contribution in [0, 0.1) is 0 Å². The van der Waals surface area contributed by atoms with E-state index in [4.69, 9.17) is 9.47 Å². The molecule has 0 N–H and O–H groups in total. The lowest BCUT2D eigenvalue weighted by atomic mass is 9.76. The summed E-state index contributed by atoms with van der Waals surface area (Å²) in [6.07, 6.45) is 0. The number of fused-ring (bicyclic) bond motifs is 3. The summed E-state index contributed by atoms with van der Waals surface area (Å²) in [5, 5.41) is 2.46. The lowest BCUT2D eigenvalue weighted by Crippen LogP contribution is -2.37. The number of rotatable bonds is 6. The molecule has 6 aromatic rings. The van der Waals surface area contributed by atoms with Crippen molar-refractivity contribution in [3.8, 4) is 11.5 Å². The van der Waals surface area contributed by atoms with Crippen molar-refractivity contribution >= 4 is 21.8 Å². The number of benzene rings is 5. The van der Waals surface area contributed by atoms with Gasteiger partial charge in [0.1, 0.15) is 17.0 Å². The van der Waals surface area contributed by atoms with Crippen molar-refractivity contribution in [2.75, 3.05) is 14.2 Å². The Morgan fingerprint density at radius 2 is 0.833 bits per heavy atom. The second-order valence-electron chi connectivity index (χ2n) is 8.90. The number of nitrogens with zero attached hydrogens (tertiary/aromatic N) is 1. The molecule has 0 aliphatic carbocycles. The van der Waals surface area contributed by atoms with E-state index < -0.39 is 5.54 Å². The van der Waals surface area contributed by atoms with Gasteiger partial charge in [0.15, 0.2) is 0 Å². The van der Waals surface area contributed by atoms with Gasteiger partial charge in [0, 0.05) is 10.8 Å². The van der Waals surface area contributed by atoms with Crippen LogP contribution in [0.25, 0.3) is 21.8 Å². The average Bonchev–Trinajstić information content (AvgIpc) is 3.30. The molecular weight excluding hydrogens is 442 g/mol. The fourth-order valence-corrected chi connectivity index (χ4v) is 5.51. The monoisotopic (exact) mass is 469 g/mol. The smallest absolute Gasteiger partial charge is 0.121 e. The van der Waals surface area contributed by atoms with Gasteiger partial charge in [0.25, 0.3) is 0 Å². The molecule has 36 heavy (non-hydrogen) atoms. The van der Waals surface area contributed by atoms with E-state index in [1.807, 2.05) is 24.3 Å². The van der Waals surface area contributed by atoms with Crippen molar-refractivity contribution in [2.45, 2.75) is 5.54 Å². The molecule has 0 amide bonds. The average molecular weight is 470 g/mol. The van der Waals surface area contributed by atoms with Crippen molar-refractivity contribution in [1.82, 2.24) is 4.57 Å². The molecule has 3 heteroatoms. The van der Waals surface area contributed by atoms with E-state index in [-0.39, 0.29) is 0 Å². The zero-order chi connectivity index (χ0) is 24.5. The largest absolute Gasteiger partial charge is 0.497 e. The van der Waals surface area contributed by atoms with Crippen LogP contribution >= 0.6 is 0 Å². The van der Waals surface area contributed by atoms with Gasteiger partial charge in [0.2, 0.25) is 0 Å². The fourth-order valence-electron chi connectivity index (χ4n) is 5.51. The minimum atomic E-state index is -0.650. The summed E-state index contributed by atoms with van der Waals surface area (Å²) in [5.74, 6) is 1.66. The van der Waals surface area contributed by atoms with Gasteiger partial charge in [-0.05, 0) is 53.1 Å². The molecule has 0 unspecified atom stereocenters. The van der Waals surface area contributed by atoms with Gasteiger partial charge in [-0.3, -0.25) is 0 Å². The lowest BCUT2D eigenvalue weighted by Gasteiger charge is -2.39. The molecule has 1 aromatic heterocycles. The molecular formula is C33H27NO2. The standard InChI is InChI=1S/C33H27NO2/c1-35-27-20-16-25(17-21-27)33(24-10-4-3-5-11-24,26-18-22-28(36-2)23-19-26)34-31-14-8-6-12-29(31)30-13-7-9-15-32(30)34/h3-23H,1-2H3. The van der Waals surface area contributed by atoms with Crippen molar-refractivity contribution in [2.24, 2.45) is 0 Å². The fraction of sp³-hybridized carbons (Fsp3) is 0.0909. The highest BCUT2D eigenvalue weighted by molar-refractivity contribution is 6.08. The molecule has 0 saturated heterocycles. The second-order valence-corrected chi connectivity index (χ2v) is 8.90. The van der Waals surface area contributed by atoms with Gasteiger partial charge in [0.05, 0.1) is 25.3 Å². The van der Waals surface area contributed by atoms with Crippen molar-refractivity contribution in [1.29, 1.82) is 0 Å². The number of para-hydroxylation sites is 2. The number of methoxy groups -OCH3 is 2. The van der Waals surface area contributed by atoms with Crippen LogP contribution in [0.3, 0.4) is 0 Å². The molecule has 1 heterocycles. The SMILES string of the molecule is COc1ccc(C(c2ccccc2)(c2ccc(OC)cc2)n2c3ccccc3c3ccccc32)cc1. The van der Waals surface area contributed by atoms with E-state index in [2.05, 4.69) is 108 Å². The van der Waals surface area contributed by atoms with Crippen LogP contribution in [0.5, 0.6) is 11.5 Å². The Bertz CT molecular complexity index is 1530. The summed E-state index contributed by atoms with van der Waals surface area (Å²) >= 11 is 0. The van der Waals surface area contributed by atoms with Gasteiger partial charge in [-0.1, -0.05) is 91.0 Å². The van der Waals surface area contributed by atoms with Crippen LogP contribution < -0.4 is 9.47 Å². The van der Waals surface area contributed by atoms with Gasteiger partial charge >= 0.3 is 0 Å². The van der Waals surface area contributed by atoms with Crippen LogP contribution in [-0.4, -0.2) is 18.8 Å². The first-order valence-corrected chi connectivity index (χ1v) is 12.1. The Hall–Kier alpha value is -4.50. The molecule has 0 atom stereocenters. The van der Waals surface area contributed by atoms with E-state index in [1.54, 1.807) is 14.2 Å². The summed E-state index contributed by atoms with van der Waals surface area (Å²) in [7, 11) is 3.41. The van der Waals surface area contributed by atoms with Crippen molar-refractivity contribution < 1.29 is 9.47 Å². The Kier molecular flexibility index (Phi) is 5.46. The highest BCUT2D eigenvalue weighted by Crippen LogP contribution is 2.46. The number of hydrogen-bond acceptors (Lipinski definition) is 2. The van der Waals surface area contributed by atoms with Gasteiger partial charge < -0.3 is 14.0 Å². The van der Waals surface area contributed by atoms with Gasteiger partial charge in [-0.2, -0.15) is 0 Å². The predicted octanol–water partition coefficient (Wildman–Crippen LogP) is 7.65. The first kappa shape index (κ1) is 22.0. The zero-order valence-electron chi connectivity index (χ0n) is 20.4. The number of hydrogen-bond donors (Lipinski definition) is 0. The Morgan fingerprint density at radius 1 is 0.444 bits per heavy atom. The van der Waals surface area contributed by atoms with Crippen molar-refractivity contribution in [3.63, 3.8) is 0 Å². The van der Waals surface area contributed by atoms with E-state index in [0.717, 1.165) is 22.6 Å². The van der Waals surface area contributed by atoms with Gasteiger partial charge in [-0.25, -0.2) is 0 Å². The Balaban J connectivity index is 1.83. The molecule has 0 bridgehead atoms. The topological polar surface area (TPSA) is 23.4 Å². The zero-order valence-corrected chi connectivity index (χ0v) is 20.4. The number of aromatic nitrogens is 1. The summed E-state index contributed by atoms with van der Waals surface area (Å²) < 4.78 is 13.6. The summed E-state index contributed by atoms with van der Waals surface area (Å²) in [6, 6.07) is 45.0. The van der Waals surface area contributed by atoms with Crippen LogP contribution in [0.15, 0.2) is 127 Å². The normalized spacial score (nSPS) is 11.6. The quantitative estimate of drug-likeness (QED) is 0.234. The molecule has 0 radical (unpaired) electrons. The maximum absolute atomic E-state index is 5.53. The minimum absolute atomic E-state index is 0.650. The molecule has 0 fully saturated rings. The molecule has 6 rings (SSSR count). The number of ether oxygens (including phenoxy) is 2. The third kappa shape index (κ3) is 3.28. The van der Waals surface area contributed by atoms with E-state index in [9.17, 15) is 0 Å². The Labute approximate surface area is 211 Å². The molecule has 0 spiro atoms. The summed E-state index contributed by atoms with van der Waals surface area (Å²) in [6.45, 7) is 0. The predicted molar refractivity (Wildman–Crippen MR) is 147 cm³/mol. The molecule has 5 aromatic carbocycles. The highest BCUT2D eigenvalue weighted by Gasteiger charge is 2.40. The van der Waals surface area contributed by atoms with E-state index in [0.29, 0.717) is 0 Å². The summed E-state index contributed by atoms with van der Waals surface area (Å²) in [4.78, 5) is 0. The molecule has 3 nitrogen and oxygen atoms in total. The Morgan fingerprint density at radius 3 is 1.28 bits per heavy atom. The molecule has 0 saturated carbocycles. The van der Waals surface area contributed by atoms with Crippen molar-refractivity contribution in [3.05, 3.63) is 144 Å². The van der Waals surface area contributed by atoms with Crippen LogP contribution in [0.1, 0.15) is 16.7 Å². The van der Waals surface area contributed by atoms with E-state index >= 15 is 0 Å². The summed E-state index contributed by atoms with van der Waals surface area (Å²) in [5.41, 5.74) is 5.16. The first-order chi connectivity index (χ1) is 17.8.